The van der Waals surface area contributed by atoms with E-state index >= 15 is 0 Å². The first-order valence-corrected chi connectivity index (χ1v) is 11.4. The summed E-state index contributed by atoms with van der Waals surface area (Å²) in [6, 6.07) is 22.5. The number of aryl methyl sites for hydroxylation is 2. The molecule has 2 aromatic carbocycles. The van der Waals surface area contributed by atoms with Crippen LogP contribution in [-0.4, -0.2) is 16.1 Å². The largest absolute Gasteiger partial charge is 0.325 e. The molecule has 1 aromatic heterocycles. The van der Waals surface area contributed by atoms with Crippen LogP contribution in [0.15, 0.2) is 65.7 Å². The first-order valence-electron chi connectivity index (χ1n) is 10.6. The van der Waals surface area contributed by atoms with Gasteiger partial charge in [-0.3, -0.25) is 4.79 Å². The fourth-order valence-corrected chi connectivity index (χ4v) is 4.82. The van der Waals surface area contributed by atoms with E-state index in [-0.39, 0.29) is 11.2 Å². The highest BCUT2D eigenvalue weighted by atomic mass is 32.2. The molecule has 1 heterocycles. The minimum Gasteiger partial charge on any atom is -0.325 e. The highest BCUT2D eigenvalue weighted by Crippen LogP contribution is 2.35. The summed E-state index contributed by atoms with van der Waals surface area (Å²) in [7, 11) is 0. The molecular weight excluding hydrogens is 402 g/mol. The molecule has 1 aliphatic rings. The highest BCUT2D eigenvalue weighted by molar-refractivity contribution is 8.00. The molecule has 0 aliphatic heterocycles. The molecule has 2 unspecified atom stereocenters. The molecule has 156 valence electrons. The van der Waals surface area contributed by atoms with Crippen LogP contribution in [0.4, 0.5) is 5.69 Å². The number of fused-ring (bicyclic) bond motifs is 1. The maximum Gasteiger partial charge on any atom is 0.237 e. The molecule has 0 saturated heterocycles. The van der Waals surface area contributed by atoms with Crippen LogP contribution < -0.4 is 5.32 Å². The summed E-state index contributed by atoms with van der Waals surface area (Å²) in [4.78, 5) is 17.5. The van der Waals surface area contributed by atoms with Crippen molar-refractivity contribution in [2.45, 2.75) is 49.3 Å². The normalized spacial score (nSPS) is 16.1. The van der Waals surface area contributed by atoms with Crippen LogP contribution in [0.1, 0.15) is 47.2 Å². The molecule has 4 nitrogen and oxygen atoms in total. The monoisotopic (exact) mass is 427 g/mol. The summed E-state index contributed by atoms with van der Waals surface area (Å²) in [5.41, 5.74) is 6.01. The van der Waals surface area contributed by atoms with Crippen molar-refractivity contribution in [2.75, 3.05) is 5.32 Å². The molecule has 0 fully saturated rings. The Bertz CT molecular complexity index is 1120. The SMILES string of the molecule is Cc1ccc(NC(=O)C(C)Sc2nc3c(cc2C#N)CC(c2ccccc2)CC3)cc1. The second kappa shape index (κ2) is 9.36. The van der Waals surface area contributed by atoms with E-state index in [0.717, 1.165) is 41.8 Å². The first-order chi connectivity index (χ1) is 15.0. The molecule has 1 amide bonds. The molecule has 31 heavy (non-hydrogen) atoms. The third kappa shape index (κ3) is 4.98. The summed E-state index contributed by atoms with van der Waals surface area (Å²) in [5, 5.41) is 12.9. The topological polar surface area (TPSA) is 65.8 Å². The van der Waals surface area contributed by atoms with Gasteiger partial charge in [0.05, 0.1) is 10.8 Å². The maximum absolute atomic E-state index is 12.6. The number of hydrogen-bond donors (Lipinski definition) is 1. The van der Waals surface area contributed by atoms with Gasteiger partial charge < -0.3 is 5.32 Å². The summed E-state index contributed by atoms with van der Waals surface area (Å²) < 4.78 is 0. The molecule has 2 atom stereocenters. The standard InChI is InChI=1S/C26H25N3OS/c1-17-8-11-23(12-9-17)28-25(30)18(2)31-26-22(16-27)15-21-14-20(10-13-24(21)29-26)19-6-4-3-5-7-19/h3-9,11-12,15,18,20H,10,13-14H2,1-2H3,(H,28,30). The maximum atomic E-state index is 12.6. The van der Waals surface area contributed by atoms with Crippen LogP contribution in [0.25, 0.3) is 0 Å². The van der Waals surface area contributed by atoms with E-state index in [9.17, 15) is 10.1 Å². The number of nitrogens with one attached hydrogen (secondary N) is 1. The Morgan fingerprint density at radius 3 is 2.65 bits per heavy atom. The number of amides is 1. The Kier molecular flexibility index (Phi) is 6.39. The fourth-order valence-electron chi connectivity index (χ4n) is 3.93. The Labute approximate surface area is 187 Å². The van der Waals surface area contributed by atoms with Gasteiger partial charge in [-0.15, -0.1) is 0 Å². The van der Waals surface area contributed by atoms with Crippen molar-refractivity contribution >= 4 is 23.4 Å². The van der Waals surface area contributed by atoms with E-state index in [1.165, 1.54) is 17.3 Å². The van der Waals surface area contributed by atoms with Crippen molar-refractivity contribution in [3.8, 4) is 6.07 Å². The Morgan fingerprint density at radius 2 is 1.94 bits per heavy atom. The van der Waals surface area contributed by atoms with E-state index in [1.54, 1.807) is 0 Å². The fraction of sp³-hybridized carbons (Fsp3) is 0.269. The Balaban J connectivity index is 1.48. The number of benzene rings is 2. The quantitative estimate of drug-likeness (QED) is 0.534. The van der Waals surface area contributed by atoms with Crippen molar-refractivity contribution in [1.82, 2.24) is 4.98 Å². The summed E-state index contributed by atoms with van der Waals surface area (Å²) in [6.45, 7) is 3.86. The van der Waals surface area contributed by atoms with Gasteiger partial charge in [0, 0.05) is 11.4 Å². The van der Waals surface area contributed by atoms with E-state index in [0.29, 0.717) is 16.5 Å². The second-order valence-electron chi connectivity index (χ2n) is 8.02. The van der Waals surface area contributed by atoms with Crippen LogP contribution in [0.3, 0.4) is 0 Å². The van der Waals surface area contributed by atoms with E-state index in [4.69, 9.17) is 4.98 Å². The van der Waals surface area contributed by atoms with Gasteiger partial charge in [-0.2, -0.15) is 5.26 Å². The molecular formula is C26H25N3OS. The lowest BCUT2D eigenvalue weighted by Gasteiger charge is -2.25. The Hall–Kier alpha value is -3.10. The lowest BCUT2D eigenvalue weighted by atomic mass is 9.82. The number of carbonyl (C=O) groups is 1. The smallest absolute Gasteiger partial charge is 0.237 e. The summed E-state index contributed by atoms with van der Waals surface area (Å²) in [6.07, 6.45) is 2.83. The predicted octanol–water partition coefficient (Wildman–Crippen LogP) is 5.65. The van der Waals surface area contributed by atoms with E-state index in [1.807, 2.05) is 50.2 Å². The van der Waals surface area contributed by atoms with Gasteiger partial charge >= 0.3 is 0 Å². The first kappa shape index (κ1) is 21.1. The van der Waals surface area contributed by atoms with E-state index in [2.05, 4.69) is 35.7 Å². The van der Waals surface area contributed by atoms with Gasteiger partial charge in [0.1, 0.15) is 11.1 Å². The number of pyridine rings is 1. The third-order valence-corrected chi connectivity index (χ3v) is 6.82. The molecule has 0 spiro atoms. The van der Waals surface area contributed by atoms with Crippen molar-refractivity contribution < 1.29 is 4.79 Å². The van der Waals surface area contributed by atoms with Crippen LogP contribution in [0.5, 0.6) is 0 Å². The van der Waals surface area contributed by atoms with Gasteiger partial charge in [0.2, 0.25) is 5.91 Å². The van der Waals surface area contributed by atoms with Crippen molar-refractivity contribution in [3.63, 3.8) is 0 Å². The van der Waals surface area contributed by atoms with E-state index < -0.39 is 0 Å². The Morgan fingerprint density at radius 1 is 1.19 bits per heavy atom. The molecule has 0 bridgehead atoms. The molecule has 5 heteroatoms. The summed E-state index contributed by atoms with van der Waals surface area (Å²) in [5.74, 6) is 0.362. The van der Waals surface area contributed by atoms with Crippen LogP contribution in [-0.2, 0) is 17.6 Å². The lowest BCUT2D eigenvalue weighted by Crippen LogP contribution is -2.23. The third-order valence-electron chi connectivity index (χ3n) is 5.72. The van der Waals surface area contributed by atoms with Crippen molar-refractivity contribution in [3.05, 3.63) is 88.6 Å². The zero-order chi connectivity index (χ0) is 21.8. The summed E-state index contributed by atoms with van der Waals surface area (Å²) >= 11 is 1.35. The number of hydrogen-bond acceptors (Lipinski definition) is 4. The molecule has 0 saturated carbocycles. The van der Waals surface area contributed by atoms with Crippen molar-refractivity contribution in [1.29, 1.82) is 5.26 Å². The zero-order valence-corrected chi connectivity index (χ0v) is 18.6. The lowest BCUT2D eigenvalue weighted by molar-refractivity contribution is -0.115. The minimum absolute atomic E-state index is 0.0959. The highest BCUT2D eigenvalue weighted by Gasteiger charge is 2.24. The van der Waals surface area contributed by atoms with Gasteiger partial charge in [0.15, 0.2) is 0 Å². The molecule has 0 radical (unpaired) electrons. The predicted molar refractivity (Wildman–Crippen MR) is 125 cm³/mol. The van der Waals surface area contributed by atoms with Crippen LogP contribution in [0, 0.1) is 18.3 Å². The van der Waals surface area contributed by atoms with Crippen LogP contribution >= 0.6 is 11.8 Å². The van der Waals surface area contributed by atoms with Gasteiger partial charge in [-0.1, -0.05) is 59.8 Å². The number of thioether (sulfide) groups is 1. The van der Waals surface area contributed by atoms with Gasteiger partial charge in [-0.25, -0.2) is 4.98 Å². The second-order valence-corrected chi connectivity index (χ2v) is 9.35. The average molecular weight is 428 g/mol. The van der Waals surface area contributed by atoms with Crippen molar-refractivity contribution in [2.24, 2.45) is 0 Å². The van der Waals surface area contributed by atoms with Crippen LogP contribution in [0.2, 0.25) is 0 Å². The van der Waals surface area contributed by atoms with Gasteiger partial charge in [0.25, 0.3) is 0 Å². The number of carbonyl (C=O) groups excluding carboxylic acids is 1. The minimum atomic E-state index is -0.361. The average Bonchev–Trinajstić information content (AvgIpc) is 2.80. The number of nitriles is 1. The number of anilines is 1. The number of rotatable bonds is 5. The number of nitrogens with zero attached hydrogens (tertiary/aromatic N) is 2. The molecule has 1 aliphatic carbocycles. The molecule has 4 rings (SSSR count). The van der Waals surface area contributed by atoms with Gasteiger partial charge in [-0.05, 0) is 68.4 Å². The molecule has 1 N–H and O–H groups in total. The zero-order valence-electron chi connectivity index (χ0n) is 17.8. The molecule has 3 aromatic rings. The number of aromatic nitrogens is 1.